The number of amides is 2. The number of rotatable bonds is 6. The summed E-state index contributed by atoms with van der Waals surface area (Å²) >= 11 is 0. The third-order valence-electron chi connectivity index (χ3n) is 4.37. The highest BCUT2D eigenvalue weighted by atomic mass is 19.4. The van der Waals surface area contributed by atoms with Crippen LogP contribution in [0.1, 0.15) is 35.4 Å². The lowest BCUT2D eigenvalue weighted by molar-refractivity contribution is -0.137. The topological polar surface area (TPSA) is 62.6 Å². The Morgan fingerprint density at radius 3 is 2.74 bits per heavy atom. The fraction of sp³-hybridized carbons (Fsp3) is 0.368. The van der Waals surface area contributed by atoms with Crippen LogP contribution in [-0.4, -0.2) is 36.3 Å². The zero-order valence-electron chi connectivity index (χ0n) is 14.5. The molecule has 1 aromatic carbocycles. The summed E-state index contributed by atoms with van der Waals surface area (Å²) in [4.78, 5) is 25.4. The summed E-state index contributed by atoms with van der Waals surface area (Å²) < 4.78 is 43.8. The molecule has 0 aliphatic carbocycles. The van der Waals surface area contributed by atoms with Gasteiger partial charge in [0.15, 0.2) is 5.76 Å². The lowest BCUT2D eigenvalue weighted by Crippen LogP contribution is -2.30. The second kappa shape index (κ2) is 7.85. The predicted octanol–water partition coefficient (Wildman–Crippen LogP) is 3.71. The number of carbonyl (C=O) groups excluding carboxylic acids is 2. The van der Waals surface area contributed by atoms with Crippen molar-refractivity contribution in [1.82, 2.24) is 10.2 Å². The molecule has 0 spiro atoms. The third-order valence-corrected chi connectivity index (χ3v) is 4.37. The van der Waals surface area contributed by atoms with Crippen molar-refractivity contribution in [1.29, 1.82) is 0 Å². The quantitative estimate of drug-likeness (QED) is 0.777. The molecular weight excluding hydrogens is 361 g/mol. The first-order valence-electron chi connectivity index (χ1n) is 8.68. The van der Waals surface area contributed by atoms with Gasteiger partial charge in [-0.15, -0.1) is 0 Å². The van der Waals surface area contributed by atoms with Gasteiger partial charge in [0.25, 0.3) is 5.91 Å². The maximum atomic E-state index is 12.8. The zero-order chi connectivity index (χ0) is 19.4. The van der Waals surface area contributed by atoms with Crippen LogP contribution < -0.4 is 5.32 Å². The Balaban J connectivity index is 1.55. The SMILES string of the molecule is O=C(NCCCN1CCCC1=O)c1ccc(-c2cccc(C(F)(F)F)c2)o1. The molecule has 5 nitrogen and oxygen atoms in total. The third kappa shape index (κ3) is 4.69. The molecule has 1 aliphatic rings. The monoisotopic (exact) mass is 380 g/mol. The predicted molar refractivity (Wildman–Crippen MR) is 91.9 cm³/mol. The van der Waals surface area contributed by atoms with Crippen LogP contribution in [0.5, 0.6) is 0 Å². The van der Waals surface area contributed by atoms with Crippen molar-refractivity contribution in [2.75, 3.05) is 19.6 Å². The average molecular weight is 380 g/mol. The number of nitrogens with one attached hydrogen (secondary N) is 1. The molecule has 0 atom stereocenters. The molecular formula is C19H19F3N2O3. The van der Waals surface area contributed by atoms with E-state index >= 15 is 0 Å². The molecule has 1 aliphatic heterocycles. The van der Waals surface area contributed by atoms with Gasteiger partial charge in [-0.05, 0) is 37.1 Å². The van der Waals surface area contributed by atoms with E-state index in [1.807, 2.05) is 0 Å². The zero-order valence-corrected chi connectivity index (χ0v) is 14.5. The van der Waals surface area contributed by atoms with Crippen LogP contribution in [-0.2, 0) is 11.0 Å². The minimum atomic E-state index is -4.44. The Bertz CT molecular complexity index is 830. The number of alkyl halides is 3. The van der Waals surface area contributed by atoms with Crippen LogP contribution in [0.25, 0.3) is 11.3 Å². The van der Waals surface area contributed by atoms with Crippen molar-refractivity contribution in [2.45, 2.75) is 25.4 Å². The molecule has 1 saturated heterocycles. The van der Waals surface area contributed by atoms with Crippen molar-refractivity contribution >= 4 is 11.8 Å². The molecule has 1 fully saturated rings. The molecule has 1 N–H and O–H groups in total. The maximum absolute atomic E-state index is 12.8. The molecule has 2 heterocycles. The summed E-state index contributed by atoms with van der Waals surface area (Å²) in [7, 11) is 0. The second-order valence-corrected chi connectivity index (χ2v) is 6.34. The van der Waals surface area contributed by atoms with Gasteiger partial charge in [-0.25, -0.2) is 0 Å². The van der Waals surface area contributed by atoms with Crippen molar-refractivity contribution < 1.29 is 27.2 Å². The van der Waals surface area contributed by atoms with Gasteiger partial charge < -0.3 is 14.6 Å². The van der Waals surface area contributed by atoms with Gasteiger partial charge in [-0.2, -0.15) is 13.2 Å². The molecule has 27 heavy (non-hydrogen) atoms. The maximum Gasteiger partial charge on any atom is 0.416 e. The van der Waals surface area contributed by atoms with Crippen LogP contribution in [0.3, 0.4) is 0 Å². The summed E-state index contributed by atoms with van der Waals surface area (Å²) in [5.41, 5.74) is -0.532. The summed E-state index contributed by atoms with van der Waals surface area (Å²) in [6.07, 6.45) is -2.37. The fourth-order valence-corrected chi connectivity index (χ4v) is 2.96. The van der Waals surface area contributed by atoms with E-state index in [9.17, 15) is 22.8 Å². The number of carbonyl (C=O) groups is 2. The Kier molecular flexibility index (Phi) is 5.53. The Hall–Kier alpha value is -2.77. The molecule has 3 rings (SSSR count). The number of hydrogen-bond acceptors (Lipinski definition) is 3. The Morgan fingerprint density at radius 1 is 1.22 bits per heavy atom. The van der Waals surface area contributed by atoms with Crippen LogP contribution in [0.2, 0.25) is 0 Å². The van der Waals surface area contributed by atoms with Gasteiger partial charge in [0.1, 0.15) is 5.76 Å². The summed E-state index contributed by atoms with van der Waals surface area (Å²) in [5, 5.41) is 2.69. The van der Waals surface area contributed by atoms with Crippen LogP contribution in [0.4, 0.5) is 13.2 Å². The van der Waals surface area contributed by atoms with E-state index in [4.69, 9.17) is 4.42 Å². The highest BCUT2D eigenvalue weighted by Gasteiger charge is 2.30. The number of hydrogen-bond donors (Lipinski definition) is 1. The van der Waals surface area contributed by atoms with Gasteiger partial charge in [0, 0.05) is 31.6 Å². The first kappa shape index (κ1) is 19.0. The minimum absolute atomic E-state index is 0.0275. The first-order chi connectivity index (χ1) is 12.8. The van der Waals surface area contributed by atoms with E-state index in [0.717, 1.165) is 25.1 Å². The van der Waals surface area contributed by atoms with E-state index in [-0.39, 0.29) is 23.0 Å². The largest absolute Gasteiger partial charge is 0.451 e. The van der Waals surface area contributed by atoms with E-state index in [0.29, 0.717) is 25.9 Å². The second-order valence-electron chi connectivity index (χ2n) is 6.34. The van der Waals surface area contributed by atoms with E-state index in [1.165, 1.54) is 24.3 Å². The van der Waals surface area contributed by atoms with Gasteiger partial charge in [-0.3, -0.25) is 9.59 Å². The molecule has 0 radical (unpaired) electrons. The van der Waals surface area contributed by atoms with Crippen molar-refractivity contribution in [3.63, 3.8) is 0 Å². The smallest absolute Gasteiger partial charge is 0.416 e. The molecule has 0 unspecified atom stereocenters. The lowest BCUT2D eigenvalue weighted by atomic mass is 10.1. The van der Waals surface area contributed by atoms with Crippen molar-refractivity contribution in [3.05, 3.63) is 47.7 Å². The normalized spacial score (nSPS) is 14.6. The lowest BCUT2D eigenvalue weighted by Gasteiger charge is -2.14. The van der Waals surface area contributed by atoms with Gasteiger partial charge >= 0.3 is 6.18 Å². The molecule has 8 heteroatoms. The average Bonchev–Trinajstić information content (AvgIpc) is 3.27. The number of likely N-dealkylation sites (tertiary alicyclic amines) is 1. The van der Waals surface area contributed by atoms with Gasteiger partial charge in [0.2, 0.25) is 5.91 Å². The first-order valence-corrected chi connectivity index (χ1v) is 8.68. The molecule has 0 saturated carbocycles. The van der Waals surface area contributed by atoms with E-state index < -0.39 is 17.6 Å². The highest BCUT2D eigenvalue weighted by Crippen LogP contribution is 2.32. The number of nitrogens with zero attached hydrogens (tertiary/aromatic N) is 1. The summed E-state index contributed by atoms with van der Waals surface area (Å²) in [6.45, 7) is 1.72. The van der Waals surface area contributed by atoms with Crippen molar-refractivity contribution in [2.24, 2.45) is 0 Å². The number of benzene rings is 1. The molecule has 1 aromatic heterocycles. The van der Waals surface area contributed by atoms with Crippen LogP contribution in [0, 0.1) is 0 Å². The molecule has 144 valence electrons. The minimum Gasteiger partial charge on any atom is -0.451 e. The molecule has 2 amide bonds. The fourth-order valence-electron chi connectivity index (χ4n) is 2.96. The standard InChI is InChI=1S/C19H19F3N2O3/c20-19(21,22)14-5-1-4-13(12-14)15-7-8-16(27-15)18(26)23-9-3-11-24-10-2-6-17(24)25/h1,4-5,7-8,12H,2-3,6,9-11H2,(H,23,26). The molecule has 2 aromatic rings. The molecule has 0 bridgehead atoms. The van der Waals surface area contributed by atoms with E-state index in [2.05, 4.69) is 5.32 Å². The Labute approximate surface area is 154 Å². The Morgan fingerprint density at radius 2 is 2.04 bits per heavy atom. The summed E-state index contributed by atoms with van der Waals surface area (Å²) in [5.74, 6) is -0.0901. The van der Waals surface area contributed by atoms with Gasteiger partial charge in [0.05, 0.1) is 5.56 Å². The van der Waals surface area contributed by atoms with E-state index in [1.54, 1.807) is 4.90 Å². The van der Waals surface area contributed by atoms with Gasteiger partial charge in [-0.1, -0.05) is 12.1 Å². The number of furan rings is 1. The van der Waals surface area contributed by atoms with Crippen LogP contribution in [0.15, 0.2) is 40.8 Å². The van der Waals surface area contributed by atoms with Crippen LogP contribution >= 0.6 is 0 Å². The highest BCUT2D eigenvalue weighted by molar-refractivity contribution is 5.92. The number of halogens is 3. The van der Waals surface area contributed by atoms with Crippen molar-refractivity contribution in [3.8, 4) is 11.3 Å². The summed E-state index contributed by atoms with van der Waals surface area (Å²) in [6, 6.07) is 7.63.